The van der Waals surface area contributed by atoms with Gasteiger partial charge in [0, 0.05) is 17.7 Å². The van der Waals surface area contributed by atoms with Crippen LogP contribution in [-0.4, -0.2) is 23.0 Å². The van der Waals surface area contributed by atoms with Crippen LogP contribution in [0.25, 0.3) is 6.08 Å². The van der Waals surface area contributed by atoms with E-state index in [0.29, 0.717) is 17.5 Å². The van der Waals surface area contributed by atoms with E-state index in [1.54, 1.807) is 18.2 Å². The van der Waals surface area contributed by atoms with Crippen molar-refractivity contribution in [2.24, 2.45) is 5.92 Å². The fourth-order valence-corrected chi connectivity index (χ4v) is 2.53. The molecule has 2 atom stereocenters. The van der Waals surface area contributed by atoms with E-state index in [0.717, 1.165) is 30.0 Å². The van der Waals surface area contributed by atoms with Crippen LogP contribution in [0.2, 0.25) is 0 Å². The van der Waals surface area contributed by atoms with Gasteiger partial charge in [0.2, 0.25) is 0 Å². The van der Waals surface area contributed by atoms with Crippen molar-refractivity contribution < 1.29 is 14.7 Å². The summed E-state index contributed by atoms with van der Waals surface area (Å²) in [6, 6.07) is 5.64. The maximum Gasteiger partial charge on any atom is 0.328 e. The molecule has 4 heteroatoms. The van der Waals surface area contributed by atoms with Gasteiger partial charge in [-0.15, -0.1) is 0 Å². The third-order valence-corrected chi connectivity index (χ3v) is 3.84. The number of benzene rings is 1. The van der Waals surface area contributed by atoms with Crippen LogP contribution in [0, 0.1) is 12.8 Å². The lowest BCUT2D eigenvalue weighted by atomic mass is 10.0. The van der Waals surface area contributed by atoms with Crippen molar-refractivity contribution >= 4 is 18.0 Å². The number of carboxylic acid groups (broad SMARTS) is 1. The van der Waals surface area contributed by atoms with Gasteiger partial charge in [-0.3, -0.25) is 4.79 Å². The van der Waals surface area contributed by atoms with Gasteiger partial charge < -0.3 is 10.4 Å². The van der Waals surface area contributed by atoms with E-state index in [1.165, 1.54) is 12.5 Å². The van der Waals surface area contributed by atoms with Crippen molar-refractivity contribution in [2.75, 3.05) is 0 Å². The fraction of sp³-hybridized carbons (Fsp3) is 0.412. The molecule has 0 spiro atoms. The van der Waals surface area contributed by atoms with E-state index >= 15 is 0 Å². The normalized spacial score (nSPS) is 20.5. The molecule has 112 valence electrons. The zero-order chi connectivity index (χ0) is 15.4. The molecule has 0 bridgehead atoms. The van der Waals surface area contributed by atoms with Gasteiger partial charge in [0.15, 0.2) is 0 Å². The standard InChI is InChI=1S/C17H21NO3/c1-3-4-13-10-15(13)18-17(21)14-6-5-12(11(2)9-14)7-8-16(19)20/h5-9,13,15H,3-4,10H2,1-2H3,(H,18,21)(H,19,20)/b8-7+. The number of hydrogen-bond acceptors (Lipinski definition) is 2. The van der Waals surface area contributed by atoms with Gasteiger partial charge in [-0.05, 0) is 55.0 Å². The maximum atomic E-state index is 12.2. The number of nitrogens with one attached hydrogen (secondary N) is 1. The number of carbonyl (C=O) groups excluding carboxylic acids is 1. The predicted octanol–water partition coefficient (Wildman–Crippen LogP) is 3.01. The Hall–Kier alpha value is -2.10. The molecular weight excluding hydrogens is 266 g/mol. The monoisotopic (exact) mass is 287 g/mol. The van der Waals surface area contributed by atoms with E-state index in [9.17, 15) is 9.59 Å². The smallest absolute Gasteiger partial charge is 0.328 e. The summed E-state index contributed by atoms with van der Waals surface area (Å²) < 4.78 is 0. The van der Waals surface area contributed by atoms with Crippen LogP contribution in [0.4, 0.5) is 0 Å². The molecule has 1 aliphatic carbocycles. The van der Waals surface area contributed by atoms with Crippen LogP contribution in [0.15, 0.2) is 24.3 Å². The van der Waals surface area contributed by atoms with Gasteiger partial charge in [0.05, 0.1) is 0 Å². The topological polar surface area (TPSA) is 66.4 Å². The molecule has 2 unspecified atom stereocenters. The zero-order valence-corrected chi connectivity index (χ0v) is 12.4. The Morgan fingerprint density at radius 3 is 2.81 bits per heavy atom. The van der Waals surface area contributed by atoms with Gasteiger partial charge in [0.1, 0.15) is 0 Å². The fourth-order valence-electron chi connectivity index (χ4n) is 2.53. The highest BCUT2D eigenvalue weighted by Gasteiger charge is 2.37. The van der Waals surface area contributed by atoms with Crippen molar-refractivity contribution in [3.05, 3.63) is 41.0 Å². The lowest BCUT2D eigenvalue weighted by Gasteiger charge is -2.07. The molecule has 1 aromatic carbocycles. The first kappa shape index (κ1) is 15.3. The van der Waals surface area contributed by atoms with Crippen LogP contribution < -0.4 is 5.32 Å². The van der Waals surface area contributed by atoms with Gasteiger partial charge in [-0.25, -0.2) is 4.79 Å². The van der Waals surface area contributed by atoms with Crippen LogP contribution in [0.1, 0.15) is 47.7 Å². The first-order valence-corrected chi connectivity index (χ1v) is 7.33. The molecule has 2 rings (SSSR count). The van der Waals surface area contributed by atoms with E-state index in [4.69, 9.17) is 5.11 Å². The number of carbonyl (C=O) groups is 2. The second kappa shape index (κ2) is 6.57. The summed E-state index contributed by atoms with van der Waals surface area (Å²) in [6.45, 7) is 4.03. The van der Waals surface area contributed by atoms with Gasteiger partial charge in [0.25, 0.3) is 5.91 Å². The molecule has 4 nitrogen and oxygen atoms in total. The van der Waals surface area contributed by atoms with Gasteiger partial charge in [-0.1, -0.05) is 19.4 Å². The van der Waals surface area contributed by atoms with Gasteiger partial charge in [-0.2, -0.15) is 0 Å². The summed E-state index contributed by atoms with van der Waals surface area (Å²) in [5.74, 6) is -0.389. The molecule has 0 aromatic heterocycles. The lowest BCUT2D eigenvalue weighted by molar-refractivity contribution is -0.131. The van der Waals surface area contributed by atoms with E-state index in [-0.39, 0.29) is 5.91 Å². The third kappa shape index (κ3) is 4.18. The summed E-state index contributed by atoms with van der Waals surface area (Å²) in [4.78, 5) is 22.7. The second-order valence-corrected chi connectivity index (χ2v) is 5.61. The predicted molar refractivity (Wildman–Crippen MR) is 82.1 cm³/mol. The average molecular weight is 287 g/mol. The largest absolute Gasteiger partial charge is 0.478 e. The molecule has 1 fully saturated rings. The minimum Gasteiger partial charge on any atom is -0.478 e. The number of carboxylic acids is 1. The van der Waals surface area contributed by atoms with Crippen molar-refractivity contribution in [3.8, 4) is 0 Å². The van der Waals surface area contributed by atoms with Crippen LogP contribution in [0.3, 0.4) is 0 Å². The highest BCUT2D eigenvalue weighted by Crippen LogP contribution is 2.34. The number of amides is 1. The van der Waals surface area contributed by atoms with Gasteiger partial charge >= 0.3 is 5.97 Å². The van der Waals surface area contributed by atoms with Crippen LogP contribution >= 0.6 is 0 Å². The Labute approximate surface area is 124 Å². The molecule has 1 aliphatic rings. The molecule has 0 saturated heterocycles. The SMILES string of the molecule is CCCC1CC1NC(=O)c1ccc(/C=C/C(=O)O)c(C)c1. The van der Waals surface area contributed by atoms with Crippen molar-refractivity contribution in [1.29, 1.82) is 0 Å². The van der Waals surface area contributed by atoms with Crippen LogP contribution in [0.5, 0.6) is 0 Å². The third-order valence-electron chi connectivity index (χ3n) is 3.84. The number of hydrogen-bond donors (Lipinski definition) is 2. The molecular formula is C17H21NO3. The summed E-state index contributed by atoms with van der Waals surface area (Å²) in [7, 11) is 0. The second-order valence-electron chi connectivity index (χ2n) is 5.61. The van der Waals surface area contributed by atoms with E-state index < -0.39 is 5.97 Å². The summed E-state index contributed by atoms with van der Waals surface area (Å²) in [5, 5.41) is 11.7. The molecule has 0 radical (unpaired) electrons. The summed E-state index contributed by atoms with van der Waals surface area (Å²) >= 11 is 0. The van der Waals surface area contributed by atoms with E-state index in [2.05, 4.69) is 12.2 Å². The lowest BCUT2D eigenvalue weighted by Crippen LogP contribution is -2.26. The first-order chi connectivity index (χ1) is 10.0. The summed E-state index contributed by atoms with van der Waals surface area (Å²) in [6.07, 6.45) is 6.04. The zero-order valence-electron chi connectivity index (χ0n) is 12.4. The Morgan fingerprint density at radius 1 is 1.43 bits per heavy atom. The highest BCUT2D eigenvalue weighted by molar-refractivity contribution is 5.95. The Balaban J connectivity index is 1.99. The first-order valence-electron chi connectivity index (χ1n) is 7.33. The molecule has 1 saturated carbocycles. The van der Waals surface area contributed by atoms with Crippen LogP contribution in [-0.2, 0) is 4.79 Å². The Bertz CT molecular complexity index is 577. The molecule has 1 amide bonds. The minimum absolute atomic E-state index is 0.0459. The number of aliphatic carboxylic acids is 1. The Kier molecular flexibility index (Phi) is 4.78. The molecule has 1 aromatic rings. The molecule has 0 heterocycles. The number of aryl methyl sites for hydroxylation is 1. The molecule has 0 aliphatic heterocycles. The Morgan fingerprint density at radius 2 is 2.19 bits per heavy atom. The van der Waals surface area contributed by atoms with Crippen molar-refractivity contribution in [1.82, 2.24) is 5.32 Å². The maximum absolute atomic E-state index is 12.2. The highest BCUT2D eigenvalue weighted by atomic mass is 16.4. The minimum atomic E-state index is -0.980. The number of rotatable bonds is 6. The van der Waals surface area contributed by atoms with Crippen molar-refractivity contribution in [3.63, 3.8) is 0 Å². The summed E-state index contributed by atoms with van der Waals surface area (Å²) in [5.41, 5.74) is 2.33. The van der Waals surface area contributed by atoms with E-state index in [1.807, 2.05) is 6.92 Å². The average Bonchev–Trinajstić information content (AvgIpc) is 3.15. The molecule has 21 heavy (non-hydrogen) atoms. The molecule has 2 N–H and O–H groups in total. The quantitative estimate of drug-likeness (QED) is 0.790. The van der Waals surface area contributed by atoms with Crippen molar-refractivity contribution in [2.45, 2.75) is 39.2 Å².